The van der Waals surface area contributed by atoms with Gasteiger partial charge in [0, 0.05) is 13.1 Å². The van der Waals surface area contributed by atoms with E-state index in [-0.39, 0.29) is 11.8 Å². The van der Waals surface area contributed by atoms with Crippen LogP contribution in [-0.4, -0.2) is 43.0 Å². The lowest BCUT2D eigenvalue weighted by Crippen LogP contribution is -2.51. The van der Waals surface area contributed by atoms with Crippen molar-refractivity contribution in [3.63, 3.8) is 0 Å². The maximum Gasteiger partial charge on any atom is 0.239 e. The van der Waals surface area contributed by atoms with Crippen LogP contribution in [0.1, 0.15) is 13.8 Å². The highest BCUT2D eigenvalue weighted by Crippen LogP contribution is 2.31. The van der Waals surface area contributed by atoms with Crippen LogP contribution in [0.3, 0.4) is 0 Å². The zero-order chi connectivity index (χ0) is 19.3. The Balaban J connectivity index is 1.74. The summed E-state index contributed by atoms with van der Waals surface area (Å²) < 4.78 is 11.2. The molecule has 2 aromatic carbocycles. The Morgan fingerprint density at radius 2 is 1.63 bits per heavy atom. The molecule has 1 saturated heterocycles. The first kappa shape index (κ1) is 18.9. The van der Waals surface area contributed by atoms with Crippen LogP contribution < -0.4 is 10.1 Å². The van der Waals surface area contributed by atoms with Gasteiger partial charge in [0.15, 0.2) is 5.75 Å². The van der Waals surface area contributed by atoms with Gasteiger partial charge in [0.1, 0.15) is 11.2 Å². The Hall–Kier alpha value is -2.86. The summed E-state index contributed by atoms with van der Waals surface area (Å²) in [6, 6.07) is 16.5. The van der Waals surface area contributed by atoms with Gasteiger partial charge >= 0.3 is 0 Å². The van der Waals surface area contributed by atoms with Gasteiger partial charge in [0.05, 0.1) is 18.9 Å². The normalized spacial score (nSPS) is 14.5. The zero-order valence-corrected chi connectivity index (χ0v) is 15.6. The van der Waals surface area contributed by atoms with Gasteiger partial charge in [0.25, 0.3) is 0 Å². The quantitative estimate of drug-likeness (QED) is 0.822. The largest absolute Gasteiger partial charge is 0.455 e. The fourth-order valence-electron chi connectivity index (χ4n) is 2.81. The number of anilines is 1. The molecule has 1 fully saturated rings. The molecule has 0 bridgehead atoms. The van der Waals surface area contributed by atoms with Gasteiger partial charge < -0.3 is 19.7 Å². The molecule has 0 saturated carbocycles. The molecule has 0 unspecified atom stereocenters. The number of ether oxygens (including phenoxy) is 2. The smallest absolute Gasteiger partial charge is 0.239 e. The number of carbonyl (C=O) groups excluding carboxylic acids is 2. The average molecular weight is 368 g/mol. The zero-order valence-electron chi connectivity index (χ0n) is 15.6. The molecule has 1 N–H and O–H groups in total. The van der Waals surface area contributed by atoms with E-state index in [4.69, 9.17) is 9.47 Å². The second-order valence-corrected chi connectivity index (χ2v) is 6.89. The third-order valence-electron chi connectivity index (χ3n) is 4.51. The highest BCUT2D eigenvalue weighted by Gasteiger charge is 2.39. The maximum atomic E-state index is 12.9. The Morgan fingerprint density at radius 1 is 1.00 bits per heavy atom. The van der Waals surface area contributed by atoms with Crippen LogP contribution in [0.4, 0.5) is 5.69 Å². The molecule has 0 spiro atoms. The molecule has 1 aliphatic heterocycles. The second-order valence-electron chi connectivity index (χ2n) is 6.89. The van der Waals surface area contributed by atoms with Crippen molar-refractivity contribution in [2.24, 2.45) is 5.41 Å². The number of para-hydroxylation sites is 3. The minimum Gasteiger partial charge on any atom is -0.455 e. The maximum absolute atomic E-state index is 12.9. The third-order valence-corrected chi connectivity index (χ3v) is 4.51. The average Bonchev–Trinajstić information content (AvgIpc) is 2.70. The SMILES string of the molecule is CC(C)(C(=O)Nc1ccccc1Oc1ccccc1)C(=O)N1CCOCC1. The summed E-state index contributed by atoms with van der Waals surface area (Å²) in [6.45, 7) is 5.28. The monoisotopic (exact) mass is 368 g/mol. The predicted molar refractivity (Wildman–Crippen MR) is 103 cm³/mol. The van der Waals surface area contributed by atoms with Gasteiger partial charge in [-0.3, -0.25) is 9.59 Å². The number of nitrogens with one attached hydrogen (secondary N) is 1. The Labute approximate surface area is 159 Å². The van der Waals surface area contributed by atoms with E-state index in [0.717, 1.165) is 0 Å². The number of hydrogen-bond donors (Lipinski definition) is 1. The summed E-state index contributed by atoms with van der Waals surface area (Å²) in [6.07, 6.45) is 0. The van der Waals surface area contributed by atoms with Gasteiger partial charge in [0.2, 0.25) is 11.8 Å². The summed E-state index contributed by atoms with van der Waals surface area (Å²) in [5, 5.41) is 2.85. The molecule has 3 rings (SSSR count). The molecular formula is C21H24N2O4. The van der Waals surface area contributed by atoms with Crippen LogP contribution >= 0.6 is 0 Å². The lowest BCUT2D eigenvalue weighted by Gasteiger charge is -2.33. The minimum absolute atomic E-state index is 0.204. The standard InChI is InChI=1S/C21H24N2O4/c1-21(2,20(25)23-12-14-26-15-13-23)19(24)22-17-10-6-7-11-18(17)27-16-8-4-3-5-9-16/h3-11H,12-15H2,1-2H3,(H,22,24). The molecule has 0 radical (unpaired) electrons. The molecule has 142 valence electrons. The van der Waals surface area contributed by atoms with Crippen molar-refractivity contribution in [1.82, 2.24) is 4.90 Å². The van der Waals surface area contributed by atoms with Crippen LogP contribution in [0.15, 0.2) is 54.6 Å². The van der Waals surface area contributed by atoms with E-state index in [1.54, 1.807) is 30.9 Å². The van der Waals surface area contributed by atoms with E-state index in [1.165, 1.54) is 0 Å². The van der Waals surface area contributed by atoms with Gasteiger partial charge in [-0.25, -0.2) is 0 Å². The van der Waals surface area contributed by atoms with E-state index >= 15 is 0 Å². The second kappa shape index (κ2) is 8.22. The highest BCUT2D eigenvalue weighted by atomic mass is 16.5. The van der Waals surface area contributed by atoms with Gasteiger partial charge in [-0.2, -0.15) is 0 Å². The van der Waals surface area contributed by atoms with Crippen LogP contribution in [0, 0.1) is 5.41 Å². The molecule has 6 heteroatoms. The first-order valence-electron chi connectivity index (χ1n) is 8.99. The summed E-state index contributed by atoms with van der Waals surface area (Å²) in [5.74, 6) is 0.613. The van der Waals surface area contributed by atoms with Crippen molar-refractivity contribution >= 4 is 17.5 Å². The Morgan fingerprint density at radius 3 is 2.33 bits per heavy atom. The van der Waals surface area contributed by atoms with Gasteiger partial charge in [-0.15, -0.1) is 0 Å². The van der Waals surface area contributed by atoms with E-state index in [2.05, 4.69) is 5.32 Å². The summed E-state index contributed by atoms with van der Waals surface area (Å²) in [4.78, 5) is 27.4. The minimum atomic E-state index is -1.20. The Bertz CT molecular complexity index is 799. The first-order valence-corrected chi connectivity index (χ1v) is 8.99. The number of hydrogen-bond acceptors (Lipinski definition) is 4. The summed E-state index contributed by atoms with van der Waals surface area (Å²) in [5.41, 5.74) is -0.675. The summed E-state index contributed by atoms with van der Waals surface area (Å²) >= 11 is 0. The van der Waals surface area contributed by atoms with Crippen LogP contribution in [0.2, 0.25) is 0 Å². The molecule has 2 aromatic rings. The van der Waals surface area contributed by atoms with Crippen LogP contribution in [-0.2, 0) is 14.3 Å². The first-order chi connectivity index (χ1) is 13.0. The number of carbonyl (C=O) groups is 2. The van der Waals surface area contributed by atoms with Crippen molar-refractivity contribution in [2.75, 3.05) is 31.6 Å². The highest BCUT2D eigenvalue weighted by molar-refractivity contribution is 6.10. The van der Waals surface area contributed by atoms with Crippen LogP contribution in [0.5, 0.6) is 11.5 Å². The molecule has 0 atom stereocenters. The Kier molecular flexibility index (Phi) is 5.76. The fraction of sp³-hybridized carbons (Fsp3) is 0.333. The van der Waals surface area contributed by atoms with E-state index in [1.807, 2.05) is 42.5 Å². The fourth-order valence-corrected chi connectivity index (χ4v) is 2.81. The number of morpholine rings is 1. The predicted octanol–water partition coefficient (Wildman–Crippen LogP) is 3.30. The van der Waals surface area contributed by atoms with Crippen molar-refractivity contribution in [3.05, 3.63) is 54.6 Å². The van der Waals surface area contributed by atoms with Crippen molar-refractivity contribution in [1.29, 1.82) is 0 Å². The molecule has 1 heterocycles. The topological polar surface area (TPSA) is 67.9 Å². The molecule has 6 nitrogen and oxygen atoms in total. The van der Waals surface area contributed by atoms with Crippen molar-refractivity contribution in [2.45, 2.75) is 13.8 Å². The molecule has 27 heavy (non-hydrogen) atoms. The van der Waals surface area contributed by atoms with Crippen molar-refractivity contribution in [3.8, 4) is 11.5 Å². The van der Waals surface area contributed by atoms with Gasteiger partial charge in [-0.05, 0) is 38.1 Å². The van der Waals surface area contributed by atoms with E-state index < -0.39 is 5.41 Å². The van der Waals surface area contributed by atoms with Crippen molar-refractivity contribution < 1.29 is 19.1 Å². The molecular weight excluding hydrogens is 344 g/mol. The number of nitrogens with zero attached hydrogens (tertiary/aromatic N) is 1. The molecule has 2 amide bonds. The van der Waals surface area contributed by atoms with E-state index in [0.29, 0.717) is 43.5 Å². The number of rotatable bonds is 5. The van der Waals surface area contributed by atoms with Gasteiger partial charge in [-0.1, -0.05) is 30.3 Å². The lowest BCUT2D eigenvalue weighted by molar-refractivity contribution is -0.149. The molecule has 0 aliphatic carbocycles. The lowest BCUT2D eigenvalue weighted by atomic mass is 9.90. The number of amides is 2. The van der Waals surface area contributed by atoms with E-state index in [9.17, 15) is 9.59 Å². The molecule has 1 aliphatic rings. The van der Waals surface area contributed by atoms with Crippen LogP contribution in [0.25, 0.3) is 0 Å². The summed E-state index contributed by atoms with van der Waals surface area (Å²) in [7, 11) is 0. The third kappa shape index (κ3) is 4.46. The molecule has 0 aromatic heterocycles. The number of benzene rings is 2.